The fraction of sp³-hybridized carbons (Fsp3) is 0.412. The molecule has 0 fully saturated rings. The molecule has 0 aliphatic heterocycles. The highest BCUT2D eigenvalue weighted by molar-refractivity contribution is 5.62. The lowest BCUT2D eigenvalue weighted by Crippen LogP contribution is -2.05. The maximum absolute atomic E-state index is 5.83. The van der Waals surface area contributed by atoms with Crippen LogP contribution < -0.4 is 11.1 Å². The Labute approximate surface area is 126 Å². The maximum atomic E-state index is 5.83. The minimum Gasteiger partial charge on any atom is -0.399 e. The van der Waals surface area contributed by atoms with E-state index < -0.39 is 0 Å². The third-order valence-corrected chi connectivity index (χ3v) is 3.34. The minimum absolute atomic E-state index is 0.721. The quantitative estimate of drug-likeness (QED) is 0.595. The summed E-state index contributed by atoms with van der Waals surface area (Å²) in [7, 11) is 0. The molecule has 0 aliphatic carbocycles. The molecule has 0 amide bonds. The molecule has 1 aromatic carbocycles. The summed E-state index contributed by atoms with van der Waals surface area (Å²) in [6.45, 7) is 5.16. The van der Waals surface area contributed by atoms with Crippen LogP contribution in [0.4, 0.5) is 11.5 Å². The standard InChI is InChI=1S/C17H24N4/c1-3-4-5-6-10-19-16-11-13(2)20-17(21-16)14-8-7-9-15(18)12-14/h7-9,11-12H,3-6,10,18H2,1-2H3,(H,19,20,21). The number of nitrogens with zero attached hydrogens (tertiary/aromatic N) is 2. The van der Waals surface area contributed by atoms with Gasteiger partial charge in [0.2, 0.25) is 0 Å². The van der Waals surface area contributed by atoms with Crippen molar-refractivity contribution in [1.29, 1.82) is 0 Å². The van der Waals surface area contributed by atoms with Crippen LogP contribution >= 0.6 is 0 Å². The van der Waals surface area contributed by atoms with Crippen LogP contribution in [0.2, 0.25) is 0 Å². The van der Waals surface area contributed by atoms with Crippen LogP contribution in [0, 0.1) is 6.92 Å². The van der Waals surface area contributed by atoms with Crippen molar-refractivity contribution in [2.45, 2.75) is 39.5 Å². The molecule has 1 heterocycles. The van der Waals surface area contributed by atoms with Crippen LogP contribution in [-0.4, -0.2) is 16.5 Å². The number of rotatable bonds is 7. The molecule has 0 spiro atoms. The molecular weight excluding hydrogens is 260 g/mol. The van der Waals surface area contributed by atoms with Gasteiger partial charge >= 0.3 is 0 Å². The third-order valence-electron chi connectivity index (χ3n) is 3.34. The van der Waals surface area contributed by atoms with Crippen molar-refractivity contribution < 1.29 is 0 Å². The Hall–Kier alpha value is -2.10. The first-order valence-electron chi connectivity index (χ1n) is 7.64. The number of anilines is 2. The van der Waals surface area contributed by atoms with E-state index in [-0.39, 0.29) is 0 Å². The molecule has 2 aromatic rings. The number of aryl methyl sites for hydroxylation is 1. The van der Waals surface area contributed by atoms with Gasteiger partial charge in [-0.05, 0) is 25.5 Å². The van der Waals surface area contributed by atoms with E-state index in [4.69, 9.17) is 5.73 Å². The van der Waals surface area contributed by atoms with Gasteiger partial charge < -0.3 is 11.1 Å². The van der Waals surface area contributed by atoms with E-state index in [0.717, 1.165) is 35.1 Å². The van der Waals surface area contributed by atoms with E-state index >= 15 is 0 Å². The van der Waals surface area contributed by atoms with Gasteiger partial charge in [-0.3, -0.25) is 0 Å². The Morgan fingerprint density at radius 2 is 1.95 bits per heavy atom. The zero-order valence-electron chi connectivity index (χ0n) is 12.9. The van der Waals surface area contributed by atoms with Gasteiger partial charge in [0.05, 0.1) is 0 Å². The SMILES string of the molecule is CCCCCCNc1cc(C)nc(-c2cccc(N)c2)n1. The summed E-state index contributed by atoms with van der Waals surface area (Å²) in [6, 6.07) is 9.66. The molecule has 0 aliphatic rings. The minimum atomic E-state index is 0.721. The van der Waals surface area contributed by atoms with Crippen LogP contribution in [0.3, 0.4) is 0 Å². The topological polar surface area (TPSA) is 63.8 Å². The highest BCUT2D eigenvalue weighted by Crippen LogP contribution is 2.20. The van der Waals surface area contributed by atoms with Crippen LogP contribution in [-0.2, 0) is 0 Å². The van der Waals surface area contributed by atoms with E-state index in [1.807, 2.05) is 37.3 Å². The number of unbranched alkanes of at least 4 members (excludes halogenated alkanes) is 3. The van der Waals surface area contributed by atoms with E-state index in [1.54, 1.807) is 0 Å². The molecule has 4 heteroatoms. The zero-order valence-corrected chi connectivity index (χ0v) is 12.9. The average molecular weight is 284 g/mol. The Bertz CT molecular complexity index is 581. The van der Waals surface area contributed by atoms with Gasteiger partial charge in [-0.15, -0.1) is 0 Å². The van der Waals surface area contributed by atoms with Gasteiger partial charge in [0.15, 0.2) is 5.82 Å². The molecule has 4 nitrogen and oxygen atoms in total. The third kappa shape index (κ3) is 4.74. The summed E-state index contributed by atoms with van der Waals surface area (Å²) in [5.74, 6) is 1.61. The highest BCUT2D eigenvalue weighted by Gasteiger charge is 2.05. The second kappa shape index (κ2) is 7.62. The van der Waals surface area contributed by atoms with Crippen molar-refractivity contribution in [2.24, 2.45) is 0 Å². The zero-order chi connectivity index (χ0) is 15.1. The van der Waals surface area contributed by atoms with Crippen molar-refractivity contribution in [3.05, 3.63) is 36.0 Å². The molecule has 0 unspecified atom stereocenters. The van der Waals surface area contributed by atoms with Crippen molar-refractivity contribution in [2.75, 3.05) is 17.6 Å². The smallest absolute Gasteiger partial charge is 0.161 e. The molecule has 0 saturated heterocycles. The summed E-state index contributed by atoms with van der Waals surface area (Å²) >= 11 is 0. The molecule has 21 heavy (non-hydrogen) atoms. The Morgan fingerprint density at radius 3 is 2.71 bits per heavy atom. The molecule has 2 rings (SSSR count). The predicted molar refractivity (Wildman–Crippen MR) is 89.2 cm³/mol. The lowest BCUT2D eigenvalue weighted by Gasteiger charge is -2.09. The predicted octanol–water partition coefficient (Wildman–Crippen LogP) is 4.03. The van der Waals surface area contributed by atoms with Crippen LogP contribution in [0.15, 0.2) is 30.3 Å². The maximum Gasteiger partial charge on any atom is 0.161 e. The average Bonchev–Trinajstić information content (AvgIpc) is 2.46. The number of nitrogens with two attached hydrogens (primary N) is 1. The van der Waals surface area contributed by atoms with Crippen molar-refractivity contribution in [3.8, 4) is 11.4 Å². The van der Waals surface area contributed by atoms with E-state index in [2.05, 4.69) is 22.2 Å². The molecule has 0 radical (unpaired) electrons. The van der Waals surface area contributed by atoms with Crippen molar-refractivity contribution in [1.82, 2.24) is 9.97 Å². The second-order valence-electron chi connectivity index (χ2n) is 5.33. The van der Waals surface area contributed by atoms with Crippen LogP contribution in [0.25, 0.3) is 11.4 Å². The van der Waals surface area contributed by atoms with E-state index in [9.17, 15) is 0 Å². The Kier molecular flexibility index (Phi) is 5.55. The lowest BCUT2D eigenvalue weighted by atomic mass is 10.2. The van der Waals surface area contributed by atoms with Gasteiger partial charge in [0.25, 0.3) is 0 Å². The number of hydrogen-bond donors (Lipinski definition) is 2. The van der Waals surface area contributed by atoms with Gasteiger partial charge in [-0.1, -0.05) is 38.3 Å². The number of benzene rings is 1. The normalized spacial score (nSPS) is 10.6. The number of nitrogens with one attached hydrogen (secondary N) is 1. The first kappa shape index (κ1) is 15.3. The summed E-state index contributed by atoms with van der Waals surface area (Å²) in [5.41, 5.74) is 8.46. The van der Waals surface area contributed by atoms with Gasteiger partial charge in [-0.25, -0.2) is 9.97 Å². The summed E-state index contributed by atoms with van der Waals surface area (Å²) in [5, 5.41) is 3.39. The number of nitrogen functional groups attached to an aromatic ring is 1. The van der Waals surface area contributed by atoms with Gasteiger partial charge in [0, 0.05) is 29.6 Å². The van der Waals surface area contributed by atoms with Crippen LogP contribution in [0.5, 0.6) is 0 Å². The molecule has 112 valence electrons. The van der Waals surface area contributed by atoms with E-state index in [0.29, 0.717) is 0 Å². The molecule has 3 N–H and O–H groups in total. The summed E-state index contributed by atoms with van der Waals surface area (Å²) in [4.78, 5) is 9.08. The second-order valence-corrected chi connectivity index (χ2v) is 5.33. The lowest BCUT2D eigenvalue weighted by molar-refractivity contribution is 0.684. The Balaban J connectivity index is 2.07. The molecule has 0 atom stereocenters. The first-order chi connectivity index (χ1) is 10.2. The van der Waals surface area contributed by atoms with Gasteiger partial charge in [-0.2, -0.15) is 0 Å². The largest absolute Gasteiger partial charge is 0.399 e. The molecule has 1 aromatic heterocycles. The monoisotopic (exact) mass is 284 g/mol. The summed E-state index contributed by atoms with van der Waals surface area (Å²) < 4.78 is 0. The van der Waals surface area contributed by atoms with E-state index in [1.165, 1.54) is 25.7 Å². The summed E-state index contributed by atoms with van der Waals surface area (Å²) in [6.07, 6.45) is 4.98. The van der Waals surface area contributed by atoms with Gasteiger partial charge in [0.1, 0.15) is 5.82 Å². The fourth-order valence-corrected chi connectivity index (χ4v) is 2.23. The first-order valence-corrected chi connectivity index (χ1v) is 7.64. The fourth-order valence-electron chi connectivity index (χ4n) is 2.23. The molecular formula is C17H24N4. The number of hydrogen-bond acceptors (Lipinski definition) is 4. The van der Waals surface area contributed by atoms with Crippen LogP contribution in [0.1, 0.15) is 38.3 Å². The highest BCUT2D eigenvalue weighted by atomic mass is 15.0. The Morgan fingerprint density at radius 1 is 1.10 bits per heavy atom. The number of aromatic nitrogens is 2. The molecule has 0 bridgehead atoms. The van der Waals surface area contributed by atoms with Crippen molar-refractivity contribution in [3.63, 3.8) is 0 Å². The molecule has 0 saturated carbocycles. The van der Waals surface area contributed by atoms with Crippen molar-refractivity contribution >= 4 is 11.5 Å².